The maximum atomic E-state index is 2.68. The van der Waals surface area contributed by atoms with Gasteiger partial charge in [-0.1, -0.05) is 24.3 Å². The van der Waals surface area contributed by atoms with Crippen LogP contribution in [0.3, 0.4) is 0 Å². The third kappa shape index (κ3) is 2.19. The van der Waals surface area contributed by atoms with Crippen molar-refractivity contribution in [2.75, 3.05) is 26.2 Å². The minimum Gasteiger partial charge on any atom is -0.298 e. The lowest BCUT2D eigenvalue weighted by Crippen LogP contribution is -2.50. The molecule has 18 heavy (non-hydrogen) atoms. The highest BCUT2D eigenvalue weighted by Crippen LogP contribution is 2.29. The molecule has 1 aromatic rings. The van der Waals surface area contributed by atoms with Crippen molar-refractivity contribution < 1.29 is 0 Å². The molecule has 2 heterocycles. The monoisotopic (exact) mass is 244 g/mol. The summed E-state index contributed by atoms with van der Waals surface area (Å²) in [4.78, 5) is 5.36. The molecular formula is C16H24N2. The lowest BCUT2D eigenvalue weighted by Gasteiger charge is -2.41. The molecule has 1 aromatic carbocycles. The number of fused-ring (bicyclic) bond motifs is 1. The van der Waals surface area contributed by atoms with E-state index in [-0.39, 0.29) is 0 Å². The Morgan fingerprint density at radius 1 is 1.17 bits per heavy atom. The van der Waals surface area contributed by atoms with Crippen LogP contribution >= 0.6 is 0 Å². The van der Waals surface area contributed by atoms with Gasteiger partial charge in [0.15, 0.2) is 0 Å². The Hall–Kier alpha value is -0.860. The Balaban J connectivity index is 1.73. The molecule has 0 aliphatic carbocycles. The molecule has 2 nitrogen and oxygen atoms in total. The largest absolute Gasteiger partial charge is 0.298 e. The van der Waals surface area contributed by atoms with Crippen LogP contribution in [0.4, 0.5) is 0 Å². The summed E-state index contributed by atoms with van der Waals surface area (Å²) in [5.41, 5.74) is 2.93. The summed E-state index contributed by atoms with van der Waals surface area (Å²) in [6.45, 7) is 9.68. The summed E-state index contributed by atoms with van der Waals surface area (Å²) in [5, 5.41) is 0. The molecule has 2 atom stereocenters. The quantitative estimate of drug-likeness (QED) is 0.789. The fraction of sp³-hybridized carbons (Fsp3) is 0.625. The SMILES string of the molecule is Cc1ccccc1C(C)N1CCN2CCCC2C1. The van der Waals surface area contributed by atoms with Crippen LogP contribution in [0.25, 0.3) is 0 Å². The van der Waals surface area contributed by atoms with E-state index in [1.54, 1.807) is 0 Å². The molecule has 0 amide bonds. The molecular weight excluding hydrogens is 220 g/mol. The van der Waals surface area contributed by atoms with E-state index in [2.05, 4.69) is 47.9 Å². The zero-order valence-electron chi connectivity index (χ0n) is 11.6. The number of nitrogens with zero attached hydrogens (tertiary/aromatic N) is 2. The van der Waals surface area contributed by atoms with Gasteiger partial charge in [0.1, 0.15) is 0 Å². The van der Waals surface area contributed by atoms with Gasteiger partial charge in [0.2, 0.25) is 0 Å². The second-order valence-electron chi connectivity index (χ2n) is 5.86. The molecule has 2 heteroatoms. The highest BCUT2D eigenvalue weighted by molar-refractivity contribution is 5.28. The van der Waals surface area contributed by atoms with Gasteiger partial charge in [-0.2, -0.15) is 0 Å². The van der Waals surface area contributed by atoms with Crippen LogP contribution in [0.2, 0.25) is 0 Å². The van der Waals surface area contributed by atoms with Crippen molar-refractivity contribution in [2.45, 2.75) is 38.8 Å². The second kappa shape index (κ2) is 5.02. The highest BCUT2D eigenvalue weighted by atomic mass is 15.3. The van der Waals surface area contributed by atoms with Crippen molar-refractivity contribution in [3.05, 3.63) is 35.4 Å². The van der Waals surface area contributed by atoms with Crippen molar-refractivity contribution in [1.29, 1.82) is 0 Å². The van der Waals surface area contributed by atoms with Gasteiger partial charge in [-0.25, -0.2) is 0 Å². The van der Waals surface area contributed by atoms with Crippen LogP contribution in [0.1, 0.15) is 36.9 Å². The molecule has 2 aliphatic heterocycles. The first-order valence-electron chi connectivity index (χ1n) is 7.29. The van der Waals surface area contributed by atoms with Crippen LogP contribution < -0.4 is 0 Å². The van der Waals surface area contributed by atoms with Gasteiger partial charge in [-0.05, 0) is 44.4 Å². The predicted octanol–water partition coefficient (Wildman–Crippen LogP) is 2.84. The standard InChI is InChI=1S/C16H24N2/c1-13-6-3-4-8-16(13)14(2)18-11-10-17-9-5-7-15(17)12-18/h3-4,6,8,14-15H,5,7,9-12H2,1-2H3. The van der Waals surface area contributed by atoms with Crippen molar-refractivity contribution in [2.24, 2.45) is 0 Å². The summed E-state index contributed by atoms with van der Waals surface area (Å²) < 4.78 is 0. The summed E-state index contributed by atoms with van der Waals surface area (Å²) in [6.07, 6.45) is 2.80. The first-order chi connectivity index (χ1) is 8.75. The summed E-state index contributed by atoms with van der Waals surface area (Å²) in [6, 6.07) is 10.2. The molecule has 98 valence electrons. The van der Waals surface area contributed by atoms with E-state index in [4.69, 9.17) is 0 Å². The van der Waals surface area contributed by atoms with Crippen LogP contribution in [0.15, 0.2) is 24.3 Å². The molecule has 2 aliphatic rings. The van der Waals surface area contributed by atoms with Gasteiger partial charge in [0.05, 0.1) is 0 Å². The molecule has 0 radical (unpaired) electrons. The van der Waals surface area contributed by atoms with Crippen molar-refractivity contribution in [1.82, 2.24) is 9.80 Å². The molecule has 0 bridgehead atoms. The van der Waals surface area contributed by atoms with Crippen molar-refractivity contribution in [3.8, 4) is 0 Å². The number of benzene rings is 1. The van der Waals surface area contributed by atoms with Gasteiger partial charge in [-0.3, -0.25) is 9.80 Å². The summed E-state index contributed by atoms with van der Waals surface area (Å²) in [7, 11) is 0. The zero-order chi connectivity index (χ0) is 12.5. The zero-order valence-corrected chi connectivity index (χ0v) is 11.6. The molecule has 3 rings (SSSR count). The lowest BCUT2D eigenvalue weighted by molar-refractivity contribution is 0.0768. The van der Waals surface area contributed by atoms with E-state index >= 15 is 0 Å². The minimum atomic E-state index is 0.564. The van der Waals surface area contributed by atoms with E-state index in [0.717, 1.165) is 6.04 Å². The fourth-order valence-corrected chi connectivity index (χ4v) is 3.62. The molecule has 2 fully saturated rings. The lowest BCUT2D eigenvalue weighted by atomic mass is 10.00. The molecule has 0 saturated carbocycles. The summed E-state index contributed by atoms with van der Waals surface area (Å²) >= 11 is 0. The Morgan fingerprint density at radius 3 is 2.83 bits per heavy atom. The van der Waals surface area contributed by atoms with Gasteiger partial charge >= 0.3 is 0 Å². The molecule has 0 aromatic heterocycles. The van der Waals surface area contributed by atoms with Gasteiger partial charge in [-0.15, -0.1) is 0 Å². The summed E-state index contributed by atoms with van der Waals surface area (Å²) in [5.74, 6) is 0. The first-order valence-corrected chi connectivity index (χ1v) is 7.29. The molecule has 0 N–H and O–H groups in total. The van der Waals surface area contributed by atoms with E-state index in [1.807, 2.05) is 0 Å². The number of hydrogen-bond acceptors (Lipinski definition) is 2. The smallest absolute Gasteiger partial charge is 0.0323 e. The van der Waals surface area contributed by atoms with Gasteiger partial charge in [0, 0.05) is 31.7 Å². The van der Waals surface area contributed by atoms with E-state index < -0.39 is 0 Å². The van der Waals surface area contributed by atoms with Crippen LogP contribution in [-0.2, 0) is 0 Å². The minimum absolute atomic E-state index is 0.564. The molecule has 0 spiro atoms. The number of hydrogen-bond donors (Lipinski definition) is 0. The van der Waals surface area contributed by atoms with Gasteiger partial charge < -0.3 is 0 Å². The fourth-order valence-electron chi connectivity index (χ4n) is 3.62. The normalized spacial score (nSPS) is 27.1. The average molecular weight is 244 g/mol. The Kier molecular flexibility index (Phi) is 3.40. The maximum Gasteiger partial charge on any atom is 0.0323 e. The second-order valence-corrected chi connectivity index (χ2v) is 5.86. The number of aryl methyl sites for hydroxylation is 1. The third-order valence-electron chi connectivity index (χ3n) is 4.81. The Labute approximate surface area is 111 Å². The predicted molar refractivity (Wildman–Crippen MR) is 75.8 cm³/mol. The van der Waals surface area contributed by atoms with Crippen LogP contribution in [-0.4, -0.2) is 42.0 Å². The average Bonchev–Trinajstić information content (AvgIpc) is 2.85. The van der Waals surface area contributed by atoms with Gasteiger partial charge in [0.25, 0.3) is 0 Å². The van der Waals surface area contributed by atoms with Crippen LogP contribution in [0, 0.1) is 6.92 Å². The Morgan fingerprint density at radius 2 is 2.00 bits per heavy atom. The van der Waals surface area contributed by atoms with Crippen LogP contribution in [0.5, 0.6) is 0 Å². The molecule has 2 saturated heterocycles. The first kappa shape index (κ1) is 12.2. The van der Waals surface area contributed by atoms with Crippen molar-refractivity contribution in [3.63, 3.8) is 0 Å². The van der Waals surface area contributed by atoms with Crippen molar-refractivity contribution >= 4 is 0 Å². The van der Waals surface area contributed by atoms with E-state index in [1.165, 1.54) is 50.1 Å². The number of piperazine rings is 1. The molecule has 2 unspecified atom stereocenters. The van der Waals surface area contributed by atoms with E-state index in [9.17, 15) is 0 Å². The number of rotatable bonds is 2. The maximum absolute atomic E-state index is 2.68. The van der Waals surface area contributed by atoms with E-state index in [0.29, 0.717) is 6.04 Å². The third-order valence-corrected chi connectivity index (χ3v) is 4.81. The Bertz CT molecular complexity index is 415. The highest BCUT2D eigenvalue weighted by Gasteiger charge is 2.32. The topological polar surface area (TPSA) is 6.48 Å².